The van der Waals surface area contributed by atoms with Gasteiger partial charge in [0.15, 0.2) is 0 Å². The quantitative estimate of drug-likeness (QED) is 0.913. The maximum Gasteiger partial charge on any atom is 0.102 e. The molecular weight excluding hydrogens is 251 g/mol. The standard InChI is InChI=1S/C17H27FN2/c1-16(2,3)15-12-19-17(4,13-20(15)11-10-18)14-8-6-5-7-9-14/h5-9,15,19H,10-13H2,1-4H3. The van der Waals surface area contributed by atoms with Crippen molar-refractivity contribution in [2.45, 2.75) is 39.3 Å². The summed E-state index contributed by atoms with van der Waals surface area (Å²) in [6.45, 7) is 10.9. The second-order valence-electron chi connectivity index (χ2n) is 7.12. The van der Waals surface area contributed by atoms with Crippen LogP contribution in [0.15, 0.2) is 30.3 Å². The van der Waals surface area contributed by atoms with Gasteiger partial charge in [-0.15, -0.1) is 0 Å². The Morgan fingerprint density at radius 1 is 1.30 bits per heavy atom. The molecule has 0 bridgehead atoms. The van der Waals surface area contributed by atoms with Crippen LogP contribution < -0.4 is 5.32 Å². The summed E-state index contributed by atoms with van der Waals surface area (Å²) in [6, 6.07) is 10.8. The average molecular weight is 278 g/mol. The first-order chi connectivity index (χ1) is 9.37. The number of piperazine rings is 1. The van der Waals surface area contributed by atoms with Crippen LogP contribution in [0.3, 0.4) is 0 Å². The van der Waals surface area contributed by atoms with Gasteiger partial charge < -0.3 is 5.32 Å². The second kappa shape index (κ2) is 5.82. The summed E-state index contributed by atoms with van der Waals surface area (Å²) in [7, 11) is 0. The molecule has 0 aromatic heterocycles. The molecule has 20 heavy (non-hydrogen) atoms. The molecule has 1 aromatic carbocycles. The number of alkyl halides is 1. The van der Waals surface area contributed by atoms with Gasteiger partial charge in [-0.1, -0.05) is 51.1 Å². The van der Waals surface area contributed by atoms with E-state index in [1.165, 1.54) is 5.56 Å². The summed E-state index contributed by atoms with van der Waals surface area (Å²) in [5.41, 5.74) is 1.33. The van der Waals surface area contributed by atoms with E-state index in [1.54, 1.807) is 0 Å². The Morgan fingerprint density at radius 2 is 1.95 bits per heavy atom. The Hall–Kier alpha value is -0.930. The fourth-order valence-corrected chi connectivity index (χ4v) is 3.22. The van der Waals surface area contributed by atoms with Crippen LogP contribution in [0, 0.1) is 5.41 Å². The van der Waals surface area contributed by atoms with Crippen molar-refractivity contribution in [1.82, 2.24) is 10.2 Å². The fraction of sp³-hybridized carbons (Fsp3) is 0.647. The monoisotopic (exact) mass is 278 g/mol. The summed E-state index contributed by atoms with van der Waals surface area (Å²) in [4.78, 5) is 2.31. The van der Waals surface area contributed by atoms with Crippen molar-refractivity contribution in [2.75, 3.05) is 26.3 Å². The third kappa shape index (κ3) is 3.21. The molecule has 2 atom stereocenters. The number of benzene rings is 1. The Kier molecular flexibility index (Phi) is 4.50. The molecule has 2 nitrogen and oxygen atoms in total. The van der Waals surface area contributed by atoms with Gasteiger partial charge in [-0.2, -0.15) is 0 Å². The molecule has 3 heteroatoms. The van der Waals surface area contributed by atoms with Gasteiger partial charge in [-0.05, 0) is 17.9 Å². The summed E-state index contributed by atoms with van der Waals surface area (Å²) in [6.07, 6.45) is 0. The lowest BCUT2D eigenvalue weighted by Gasteiger charge is -2.50. The van der Waals surface area contributed by atoms with E-state index in [1.807, 2.05) is 6.07 Å². The van der Waals surface area contributed by atoms with E-state index in [0.29, 0.717) is 12.6 Å². The van der Waals surface area contributed by atoms with Crippen LogP contribution in [0.5, 0.6) is 0 Å². The molecule has 2 unspecified atom stereocenters. The lowest BCUT2D eigenvalue weighted by Crippen LogP contribution is -2.64. The molecule has 1 N–H and O–H groups in total. The van der Waals surface area contributed by atoms with Gasteiger partial charge in [0.25, 0.3) is 0 Å². The Balaban J connectivity index is 2.22. The van der Waals surface area contributed by atoms with Crippen molar-refractivity contribution >= 4 is 0 Å². The second-order valence-corrected chi connectivity index (χ2v) is 7.12. The molecule has 0 amide bonds. The smallest absolute Gasteiger partial charge is 0.102 e. The first-order valence-electron chi connectivity index (χ1n) is 7.47. The molecule has 2 rings (SSSR count). The minimum Gasteiger partial charge on any atom is -0.305 e. The van der Waals surface area contributed by atoms with Gasteiger partial charge in [0.2, 0.25) is 0 Å². The zero-order valence-corrected chi connectivity index (χ0v) is 13.1. The van der Waals surface area contributed by atoms with Gasteiger partial charge in [-0.25, -0.2) is 4.39 Å². The van der Waals surface area contributed by atoms with Crippen LogP contribution >= 0.6 is 0 Å². The predicted octanol–water partition coefficient (Wildman–Crippen LogP) is 3.19. The summed E-state index contributed by atoms with van der Waals surface area (Å²) >= 11 is 0. The summed E-state index contributed by atoms with van der Waals surface area (Å²) in [5.74, 6) is 0. The minimum atomic E-state index is -0.280. The van der Waals surface area contributed by atoms with Crippen LogP contribution in [0.4, 0.5) is 4.39 Å². The van der Waals surface area contributed by atoms with Gasteiger partial charge in [0.05, 0.1) is 5.54 Å². The van der Waals surface area contributed by atoms with Gasteiger partial charge in [-0.3, -0.25) is 4.90 Å². The van der Waals surface area contributed by atoms with E-state index in [4.69, 9.17) is 0 Å². The largest absolute Gasteiger partial charge is 0.305 e. The maximum atomic E-state index is 12.9. The highest BCUT2D eigenvalue weighted by Gasteiger charge is 2.40. The number of hydrogen-bond donors (Lipinski definition) is 1. The molecule has 0 spiro atoms. The number of halogens is 1. The number of nitrogens with one attached hydrogen (secondary N) is 1. The molecule has 1 aliphatic rings. The van der Waals surface area contributed by atoms with Crippen molar-refractivity contribution in [1.29, 1.82) is 0 Å². The van der Waals surface area contributed by atoms with Gasteiger partial charge >= 0.3 is 0 Å². The van der Waals surface area contributed by atoms with Crippen LogP contribution in [-0.2, 0) is 5.54 Å². The van der Waals surface area contributed by atoms with E-state index in [-0.39, 0.29) is 17.6 Å². The number of hydrogen-bond acceptors (Lipinski definition) is 2. The summed E-state index contributed by atoms with van der Waals surface area (Å²) in [5, 5.41) is 3.69. The molecular formula is C17H27FN2. The van der Waals surface area contributed by atoms with Crippen molar-refractivity contribution in [3.63, 3.8) is 0 Å². The topological polar surface area (TPSA) is 15.3 Å². The molecule has 0 radical (unpaired) electrons. The number of rotatable bonds is 3. The van der Waals surface area contributed by atoms with Crippen LogP contribution in [0.25, 0.3) is 0 Å². The molecule has 1 saturated heterocycles. The fourth-order valence-electron chi connectivity index (χ4n) is 3.22. The molecule has 1 aromatic rings. The zero-order valence-electron chi connectivity index (χ0n) is 13.1. The molecule has 112 valence electrons. The minimum absolute atomic E-state index is 0.0990. The first-order valence-corrected chi connectivity index (χ1v) is 7.47. The van der Waals surface area contributed by atoms with E-state index >= 15 is 0 Å². The SMILES string of the molecule is CC1(c2ccccc2)CN(CCF)C(C(C)(C)C)CN1. The Bertz CT molecular complexity index is 426. The van der Waals surface area contributed by atoms with Crippen molar-refractivity contribution < 1.29 is 4.39 Å². The van der Waals surface area contributed by atoms with Crippen molar-refractivity contribution in [2.24, 2.45) is 5.41 Å². The maximum absolute atomic E-state index is 12.9. The summed E-state index contributed by atoms with van der Waals surface area (Å²) < 4.78 is 12.9. The van der Waals surface area contributed by atoms with E-state index < -0.39 is 0 Å². The van der Waals surface area contributed by atoms with Gasteiger partial charge in [0.1, 0.15) is 6.67 Å². The van der Waals surface area contributed by atoms with Crippen LogP contribution in [-0.4, -0.2) is 37.3 Å². The van der Waals surface area contributed by atoms with E-state index in [9.17, 15) is 4.39 Å². The molecule has 0 saturated carbocycles. The molecule has 1 fully saturated rings. The number of nitrogens with zero attached hydrogens (tertiary/aromatic N) is 1. The predicted molar refractivity (Wildman–Crippen MR) is 82.6 cm³/mol. The zero-order chi connectivity index (χ0) is 14.8. The Morgan fingerprint density at radius 3 is 2.50 bits per heavy atom. The third-order valence-electron chi connectivity index (χ3n) is 4.43. The van der Waals surface area contributed by atoms with E-state index in [2.05, 4.69) is 62.2 Å². The Labute approximate surface area is 122 Å². The van der Waals surface area contributed by atoms with Crippen LogP contribution in [0.1, 0.15) is 33.3 Å². The van der Waals surface area contributed by atoms with Crippen LogP contribution in [0.2, 0.25) is 0 Å². The lowest BCUT2D eigenvalue weighted by molar-refractivity contribution is 0.0226. The average Bonchev–Trinajstić information content (AvgIpc) is 2.39. The highest BCUT2D eigenvalue weighted by molar-refractivity contribution is 5.25. The van der Waals surface area contributed by atoms with Gasteiger partial charge in [0, 0.05) is 25.7 Å². The molecule has 1 aliphatic heterocycles. The normalized spacial score (nSPS) is 28.6. The lowest BCUT2D eigenvalue weighted by atomic mass is 9.80. The highest BCUT2D eigenvalue weighted by atomic mass is 19.1. The third-order valence-corrected chi connectivity index (χ3v) is 4.43. The van der Waals surface area contributed by atoms with E-state index in [0.717, 1.165) is 13.1 Å². The first kappa shape index (κ1) is 15.5. The molecule has 0 aliphatic carbocycles. The molecule has 1 heterocycles. The van der Waals surface area contributed by atoms with Crippen molar-refractivity contribution in [3.05, 3.63) is 35.9 Å². The van der Waals surface area contributed by atoms with Crippen molar-refractivity contribution in [3.8, 4) is 0 Å². The highest BCUT2D eigenvalue weighted by Crippen LogP contribution is 2.32.